The number of hydrogen-bond donors (Lipinski definition) is 1. The van der Waals surface area contributed by atoms with E-state index in [4.69, 9.17) is 0 Å². The summed E-state index contributed by atoms with van der Waals surface area (Å²) in [6, 6.07) is 8.52. The van der Waals surface area contributed by atoms with Gasteiger partial charge in [-0.2, -0.15) is 0 Å². The summed E-state index contributed by atoms with van der Waals surface area (Å²) in [5, 5.41) is 3.52. The van der Waals surface area contributed by atoms with Crippen LogP contribution >= 0.6 is 0 Å². The quantitative estimate of drug-likeness (QED) is 0.717. The second-order valence-electron chi connectivity index (χ2n) is 5.19. The van der Waals surface area contributed by atoms with E-state index in [1.807, 2.05) is 6.08 Å². The average molecular weight is 217 g/mol. The maximum atomic E-state index is 3.80. The Labute approximate surface area is 99.6 Å². The van der Waals surface area contributed by atoms with Crippen molar-refractivity contribution in [3.05, 3.63) is 48.0 Å². The fraction of sp³-hybridized carbons (Fsp3) is 0.467. The van der Waals surface area contributed by atoms with Gasteiger partial charge in [-0.05, 0) is 29.9 Å². The van der Waals surface area contributed by atoms with Gasteiger partial charge in [0.2, 0.25) is 0 Å². The number of nitrogens with one attached hydrogen (secondary N) is 1. The van der Waals surface area contributed by atoms with Gasteiger partial charge in [-0.15, -0.1) is 6.58 Å². The van der Waals surface area contributed by atoms with Crippen LogP contribution in [-0.2, 0) is 6.54 Å². The molecule has 1 N–H and O–H groups in total. The lowest BCUT2D eigenvalue weighted by Crippen LogP contribution is -2.28. The number of benzene rings is 1. The molecule has 1 rings (SSSR count). The summed E-state index contributed by atoms with van der Waals surface area (Å²) < 4.78 is 0. The molecule has 0 aliphatic rings. The topological polar surface area (TPSA) is 12.0 Å². The third-order valence-corrected chi connectivity index (χ3v) is 2.88. The number of hydrogen-bond acceptors (Lipinski definition) is 1. The van der Waals surface area contributed by atoms with Crippen LogP contribution in [-0.4, -0.2) is 6.54 Å². The first-order valence-electron chi connectivity index (χ1n) is 5.91. The Morgan fingerprint density at radius 2 is 2.00 bits per heavy atom. The summed E-state index contributed by atoms with van der Waals surface area (Å²) in [4.78, 5) is 0. The molecule has 0 saturated heterocycles. The molecule has 0 heterocycles. The Bertz CT molecular complexity index is 339. The third kappa shape index (κ3) is 4.19. The van der Waals surface area contributed by atoms with Crippen molar-refractivity contribution < 1.29 is 0 Å². The summed E-state index contributed by atoms with van der Waals surface area (Å²) in [7, 11) is 0. The molecule has 0 bridgehead atoms. The fourth-order valence-electron chi connectivity index (χ4n) is 1.81. The maximum absolute atomic E-state index is 3.80. The predicted octanol–water partition coefficient (Wildman–Crippen LogP) is 3.69. The lowest BCUT2D eigenvalue weighted by Gasteiger charge is -2.23. The number of aryl methyl sites for hydroxylation is 1. The Hall–Kier alpha value is -1.08. The zero-order valence-corrected chi connectivity index (χ0v) is 10.7. The zero-order chi connectivity index (χ0) is 12.0. The molecule has 88 valence electrons. The molecule has 0 aromatic heterocycles. The van der Waals surface area contributed by atoms with Gasteiger partial charge < -0.3 is 5.32 Å². The molecule has 16 heavy (non-hydrogen) atoms. The Morgan fingerprint density at radius 1 is 1.31 bits per heavy atom. The van der Waals surface area contributed by atoms with Crippen molar-refractivity contribution in [2.45, 2.75) is 33.7 Å². The Kier molecular flexibility index (Phi) is 4.75. The van der Waals surface area contributed by atoms with Gasteiger partial charge in [-0.1, -0.05) is 44.2 Å². The highest BCUT2D eigenvalue weighted by molar-refractivity contribution is 5.25. The summed E-state index contributed by atoms with van der Waals surface area (Å²) in [5.41, 5.74) is 3.04. The van der Waals surface area contributed by atoms with Gasteiger partial charge >= 0.3 is 0 Å². The van der Waals surface area contributed by atoms with E-state index in [2.05, 4.69) is 56.9 Å². The Morgan fingerprint density at radius 3 is 2.62 bits per heavy atom. The number of rotatable bonds is 6. The minimum absolute atomic E-state index is 0.296. The summed E-state index contributed by atoms with van der Waals surface area (Å²) in [6.45, 7) is 12.5. The summed E-state index contributed by atoms with van der Waals surface area (Å²) >= 11 is 0. The normalized spacial score (nSPS) is 11.4. The van der Waals surface area contributed by atoms with Gasteiger partial charge in [0.25, 0.3) is 0 Å². The van der Waals surface area contributed by atoms with Crippen LogP contribution in [0.4, 0.5) is 0 Å². The van der Waals surface area contributed by atoms with Crippen LogP contribution in [0.5, 0.6) is 0 Å². The van der Waals surface area contributed by atoms with Crippen LogP contribution in [0.15, 0.2) is 36.9 Å². The minimum atomic E-state index is 0.296. The van der Waals surface area contributed by atoms with Gasteiger partial charge in [-0.3, -0.25) is 0 Å². The van der Waals surface area contributed by atoms with Crippen LogP contribution in [0.1, 0.15) is 31.4 Å². The standard InChI is InChI=1S/C15H23N/c1-5-10-15(3,4)12-16-11-14-9-7-6-8-13(14)2/h5-9,16H,1,10-12H2,2-4H3. The summed E-state index contributed by atoms with van der Waals surface area (Å²) in [6.07, 6.45) is 3.04. The van der Waals surface area contributed by atoms with E-state index in [0.717, 1.165) is 19.5 Å². The van der Waals surface area contributed by atoms with E-state index < -0.39 is 0 Å². The van der Waals surface area contributed by atoms with E-state index in [-0.39, 0.29) is 0 Å². The van der Waals surface area contributed by atoms with Crippen LogP contribution in [0, 0.1) is 12.3 Å². The first kappa shape index (κ1) is 13.0. The smallest absolute Gasteiger partial charge is 0.0208 e. The van der Waals surface area contributed by atoms with Crippen LogP contribution < -0.4 is 5.32 Å². The molecular weight excluding hydrogens is 194 g/mol. The van der Waals surface area contributed by atoms with E-state index in [1.54, 1.807) is 0 Å². The SMILES string of the molecule is C=CCC(C)(C)CNCc1ccccc1C. The van der Waals surface area contributed by atoms with E-state index >= 15 is 0 Å². The fourth-order valence-corrected chi connectivity index (χ4v) is 1.81. The predicted molar refractivity (Wildman–Crippen MR) is 71.5 cm³/mol. The van der Waals surface area contributed by atoms with Gasteiger partial charge in [0.05, 0.1) is 0 Å². The highest BCUT2D eigenvalue weighted by atomic mass is 14.9. The molecule has 0 atom stereocenters. The molecule has 1 aromatic carbocycles. The molecule has 1 heteroatoms. The third-order valence-electron chi connectivity index (χ3n) is 2.88. The van der Waals surface area contributed by atoms with Gasteiger partial charge in [0, 0.05) is 13.1 Å². The van der Waals surface area contributed by atoms with E-state index in [9.17, 15) is 0 Å². The number of allylic oxidation sites excluding steroid dienone is 1. The van der Waals surface area contributed by atoms with Crippen LogP contribution in [0.3, 0.4) is 0 Å². The summed E-state index contributed by atoms with van der Waals surface area (Å²) in [5.74, 6) is 0. The van der Waals surface area contributed by atoms with E-state index in [1.165, 1.54) is 11.1 Å². The van der Waals surface area contributed by atoms with Crippen molar-refractivity contribution in [1.82, 2.24) is 5.32 Å². The van der Waals surface area contributed by atoms with Crippen LogP contribution in [0.2, 0.25) is 0 Å². The van der Waals surface area contributed by atoms with Crippen molar-refractivity contribution in [1.29, 1.82) is 0 Å². The molecule has 0 radical (unpaired) electrons. The van der Waals surface area contributed by atoms with Gasteiger partial charge in [0.15, 0.2) is 0 Å². The van der Waals surface area contributed by atoms with Gasteiger partial charge in [0.1, 0.15) is 0 Å². The first-order chi connectivity index (χ1) is 7.55. The lowest BCUT2D eigenvalue weighted by atomic mass is 9.89. The lowest BCUT2D eigenvalue weighted by molar-refractivity contribution is 0.344. The van der Waals surface area contributed by atoms with Crippen molar-refractivity contribution in [2.24, 2.45) is 5.41 Å². The Balaban J connectivity index is 2.41. The first-order valence-corrected chi connectivity index (χ1v) is 5.91. The molecule has 0 saturated carbocycles. The molecule has 1 aromatic rings. The molecule has 0 unspecified atom stereocenters. The maximum Gasteiger partial charge on any atom is 0.0208 e. The van der Waals surface area contributed by atoms with Crippen molar-refractivity contribution >= 4 is 0 Å². The second kappa shape index (κ2) is 5.86. The molecule has 0 fully saturated rings. The molecule has 0 aliphatic carbocycles. The van der Waals surface area contributed by atoms with Crippen molar-refractivity contribution in [3.63, 3.8) is 0 Å². The molecule has 1 nitrogen and oxygen atoms in total. The minimum Gasteiger partial charge on any atom is -0.312 e. The highest BCUT2D eigenvalue weighted by Crippen LogP contribution is 2.19. The largest absolute Gasteiger partial charge is 0.312 e. The average Bonchev–Trinajstić information content (AvgIpc) is 2.20. The highest BCUT2D eigenvalue weighted by Gasteiger charge is 2.14. The van der Waals surface area contributed by atoms with Gasteiger partial charge in [-0.25, -0.2) is 0 Å². The molecule has 0 amide bonds. The van der Waals surface area contributed by atoms with Crippen LogP contribution in [0.25, 0.3) is 0 Å². The monoisotopic (exact) mass is 217 g/mol. The molecule has 0 aliphatic heterocycles. The van der Waals surface area contributed by atoms with Crippen molar-refractivity contribution in [2.75, 3.05) is 6.54 Å². The van der Waals surface area contributed by atoms with E-state index in [0.29, 0.717) is 5.41 Å². The zero-order valence-electron chi connectivity index (χ0n) is 10.7. The molecule has 0 spiro atoms. The van der Waals surface area contributed by atoms with Crippen molar-refractivity contribution in [3.8, 4) is 0 Å². The molecular formula is C15H23N. The second-order valence-corrected chi connectivity index (χ2v) is 5.19.